The van der Waals surface area contributed by atoms with Crippen LogP contribution in [0.5, 0.6) is 5.75 Å². The van der Waals surface area contributed by atoms with Crippen molar-refractivity contribution in [2.24, 2.45) is 0 Å². The molecule has 0 saturated carbocycles. The Morgan fingerprint density at radius 1 is 1.22 bits per heavy atom. The minimum Gasteiger partial charge on any atom is -0.497 e. The fourth-order valence-electron chi connectivity index (χ4n) is 2.98. The second-order valence-corrected chi connectivity index (χ2v) is 5.49. The highest BCUT2D eigenvalue weighted by Gasteiger charge is 2.25. The van der Waals surface area contributed by atoms with Gasteiger partial charge in [0.2, 0.25) is 0 Å². The summed E-state index contributed by atoms with van der Waals surface area (Å²) in [5, 5.41) is 8.68. The van der Waals surface area contributed by atoms with Gasteiger partial charge < -0.3 is 18.6 Å². The van der Waals surface area contributed by atoms with Crippen LogP contribution in [-0.2, 0) is 17.9 Å². The topological polar surface area (TPSA) is 67.0 Å². The van der Waals surface area contributed by atoms with Gasteiger partial charge >= 0.3 is 0 Å². The summed E-state index contributed by atoms with van der Waals surface area (Å²) < 4.78 is 14.8. The maximum Gasteiger partial charge on any atom is 0.166 e. The van der Waals surface area contributed by atoms with Crippen molar-refractivity contribution < 1.29 is 9.47 Å². The molecule has 2 aromatic heterocycles. The van der Waals surface area contributed by atoms with Crippen molar-refractivity contribution in [2.75, 3.05) is 14.2 Å². The predicted octanol–water partition coefficient (Wildman–Crippen LogP) is 1.96. The summed E-state index contributed by atoms with van der Waals surface area (Å²) in [7, 11) is 3.32. The Morgan fingerprint density at radius 3 is 2.87 bits per heavy atom. The highest BCUT2D eigenvalue weighted by atomic mass is 16.5. The van der Waals surface area contributed by atoms with E-state index in [1.54, 1.807) is 14.2 Å². The zero-order valence-electron chi connectivity index (χ0n) is 13.3. The van der Waals surface area contributed by atoms with Gasteiger partial charge in [0.1, 0.15) is 12.4 Å². The van der Waals surface area contributed by atoms with Crippen molar-refractivity contribution in [1.29, 1.82) is 0 Å². The van der Waals surface area contributed by atoms with Gasteiger partial charge in [-0.1, -0.05) is 0 Å². The van der Waals surface area contributed by atoms with Crippen LogP contribution in [0.1, 0.15) is 17.2 Å². The van der Waals surface area contributed by atoms with Crippen molar-refractivity contribution in [1.82, 2.24) is 24.3 Å². The number of aryl methyl sites for hydroxylation is 1. The van der Waals surface area contributed by atoms with Crippen LogP contribution in [0, 0.1) is 6.92 Å². The summed E-state index contributed by atoms with van der Waals surface area (Å²) in [6.45, 7) is 3.09. The van der Waals surface area contributed by atoms with E-state index in [-0.39, 0.29) is 0 Å². The molecule has 0 atom stereocenters. The van der Waals surface area contributed by atoms with E-state index in [0.29, 0.717) is 13.2 Å². The molecule has 7 nitrogen and oxygen atoms in total. The van der Waals surface area contributed by atoms with Crippen molar-refractivity contribution >= 4 is 0 Å². The number of hydrogen-bond acceptors (Lipinski definition) is 5. The van der Waals surface area contributed by atoms with E-state index >= 15 is 0 Å². The van der Waals surface area contributed by atoms with Crippen LogP contribution in [0.15, 0.2) is 24.5 Å². The molecule has 0 unspecified atom stereocenters. The first-order valence-electron chi connectivity index (χ1n) is 7.35. The van der Waals surface area contributed by atoms with Gasteiger partial charge in [-0.25, -0.2) is 4.98 Å². The van der Waals surface area contributed by atoms with E-state index in [4.69, 9.17) is 9.47 Å². The van der Waals surface area contributed by atoms with Crippen molar-refractivity contribution in [3.05, 3.63) is 41.7 Å². The Morgan fingerprint density at radius 2 is 2.09 bits per heavy atom. The van der Waals surface area contributed by atoms with E-state index in [2.05, 4.69) is 24.3 Å². The average molecular weight is 311 g/mol. The third kappa shape index (κ3) is 2.04. The van der Waals surface area contributed by atoms with Gasteiger partial charge in [0, 0.05) is 12.7 Å². The number of benzene rings is 1. The van der Waals surface area contributed by atoms with Crippen LogP contribution in [0.2, 0.25) is 0 Å². The summed E-state index contributed by atoms with van der Waals surface area (Å²) in [5.41, 5.74) is 4.11. The summed E-state index contributed by atoms with van der Waals surface area (Å²) in [6, 6.07) is 5.95. The lowest BCUT2D eigenvalue weighted by molar-refractivity contribution is 0.174. The normalized spacial score (nSPS) is 12.3. The quantitative estimate of drug-likeness (QED) is 0.578. The third-order valence-corrected chi connectivity index (χ3v) is 4.19. The SMILES string of the molecule is COCc1nnc2n1Cc1c(C)ncn1-c1ccc(OC)cc1-2. The number of imidazole rings is 1. The number of rotatable bonds is 3. The molecule has 23 heavy (non-hydrogen) atoms. The molecule has 0 bridgehead atoms. The molecule has 7 heteroatoms. The Labute approximate surface area is 133 Å². The lowest BCUT2D eigenvalue weighted by Gasteiger charge is -2.09. The lowest BCUT2D eigenvalue weighted by Crippen LogP contribution is -2.08. The molecule has 0 fully saturated rings. The van der Waals surface area contributed by atoms with Gasteiger partial charge in [0.05, 0.1) is 37.1 Å². The number of nitrogens with zero attached hydrogens (tertiary/aromatic N) is 5. The Kier molecular flexibility index (Phi) is 3.16. The lowest BCUT2D eigenvalue weighted by atomic mass is 10.1. The molecule has 0 radical (unpaired) electrons. The highest BCUT2D eigenvalue weighted by Crippen LogP contribution is 2.34. The van der Waals surface area contributed by atoms with Gasteiger partial charge in [-0.3, -0.25) is 0 Å². The largest absolute Gasteiger partial charge is 0.497 e. The number of aromatic nitrogens is 5. The molecule has 4 rings (SSSR count). The summed E-state index contributed by atoms with van der Waals surface area (Å²) in [6.07, 6.45) is 1.85. The molecule has 0 aliphatic carbocycles. The highest BCUT2D eigenvalue weighted by molar-refractivity contribution is 5.71. The maximum absolute atomic E-state index is 5.38. The van der Waals surface area contributed by atoms with Crippen molar-refractivity contribution in [3.8, 4) is 22.8 Å². The van der Waals surface area contributed by atoms with E-state index in [9.17, 15) is 0 Å². The van der Waals surface area contributed by atoms with Gasteiger partial charge in [0.25, 0.3) is 0 Å². The predicted molar refractivity (Wildman–Crippen MR) is 83.7 cm³/mol. The zero-order valence-corrected chi connectivity index (χ0v) is 13.3. The molecule has 1 aromatic carbocycles. The van der Waals surface area contributed by atoms with E-state index in [1.807, 2.05) is 31.5 Å². The van der Waals surface area contributed by atoms with E-state index in [1.165, 1.54) is 0 Å². The van der Waals surface area contributed by atoms with Crippen LogP contribution in [0.25, 0.3) is 17.1 Å². The van der Waals surface area contributed by atoms with Gasteiger partial charge in [0.15, 0.2) is 11.6 Å². The summed E-state index contributed by atoms with van der Waals surface area (Å²) >= 11 is 0. The number of ether oxygens (including phenoxy) is 2. The molecule has 1 aliphatic rings. The Bertz CT molecular complexity index is 881. The third-order valence-electron chi connectivity index (χ3n) is 4.19. The Hall–Kier alpha value is -2.67. The number of hydrogen-bond donors (Lipinski definition) is 0. The van der Waals surface area contributed by atoms with Crippen LogP contribution in [-0.4, -0.2) is 38.5 Å². The van der Waals surface area contributed by atoms with Crippen LogP contribution in [0.3, 0.4) is 0 Å². The number of methoxy groups -OCH3 is 2. The van der Waals surface area contributed by atoms with Gasteiger partial charge in [-0.2, -0.15) is 0 Å². The standard InChI is InChI=1S/C16H17N5O2/c1-10-14-7-20-15(8-22-2)18-19-16(20)12-6-11(23-3)4-5-13(12)21(14)9-17-10/h4-6,9H,7-8H2,1-3H3. The molecule has 3 aromatic rings. The first kappa shape index (κ1) is 14.0. The summed E-state index contributed by atoms with van der Waals surface area (Å²) in [5.74, 6) is 2.39. The van der Waals surface area contributed by atoms with E-state index in [0.717, 1.165) is 40.0 Å². The molecule has 0 amide bonds. The number of fused-ring (bicyclic) bond motifs is 5. The minimum atomic E-state index is 0.416. The second kappa shape index (κ2) is 5.20. The van der Waals surface area contributed by atoms with Crippen molar-refractivity contribution in [3.63, 3.8) is 0 Å². The summed E-state index contributed by atoms with van der Waals surface area (Å²) in [4.78, 5) is 4.46. The van der Waals surface area contributed by atoms with Crippen LogP contribution < -0.4 is 4.74 Å². The fourth-order valence-corrected chi connectivity index (χ4v) is 2.98. The van der Waals surface area contributed by atoms with E-state index < -0.39 is 0 Å². The molecule has 0 N–H and O–H groups in total. The van der Waals surface area contributed by atoms with Gasteiger partial charge in [-0.15, -0.1) is 10.2 Å². The smallest absolute Gasteiger partial charge is 0.166 e. The van der Waals surface area contributed by atoms with Gasteiger partial charge in [-0.05, 0) is 25.1 Å². The molecule has 0 spiro atoms. The monoisotopic (exact) mass is 311 g/mol. The molecule has 3 heterocycles. The van der Waals surface area contributed by atoms with Crippen LogP contribution in [0.4, 0.5) is 0 Å². The first-order chi connectivity index (χ1) is 11.2. The molecular formula is C16H17N5O2. The fraction of sp³-hybridized carbons (Fsp3) is 0.312. The van der Waals surface area contributed by atoms with Crippen LogP contribution >= 0.6 is 0 Å². The second-order valence-electron chi connectivity index (χ2n) is 5.49. The first-order valence-corrected chi connectivity index (χ1v) is 7.35. The average Bonchev–Trinajstić information content (AvgIpc) is 3.09. The molecular weight excluding hydrogens is 294 g/mol. The zero-order chi connectivity index (χ0) is 16.0. The molecule has 118 valence electrons. The van der Waals surface area contributed by atoms with Crippen molar-refractivity contribution in [2.45, 2.75) is 20.1 Å². The maximum atomic E-state index is 5.38. The Balaban J connectivity index is 2.02. The molecule has 0 saturated heterocycles. The minimum absolute atomic E-state index is 0.416. The molecule has 1 aliphatic heterocycles.